The third-order valence-corrected chi connectivity index (χ3v) is 3.09. The second kappa shape index (κ2) is 8.32. The molecule has 5 nitrogen and oxygen atoms in total. The Morgan fingerprint density at radius 1 is 1.42 bits per heavy atom. The van der Waals surface area contributed by atoms with Gasteiger partial charge in [0.2, 0.25) is 0 Å². The Hall–Kier alpha value is -0.880. The molecule has 6 heteroatoms. The number of methoxy groups -OCH3 is 2. The van der Waals surface area contributed by atoms with Gasteiger partial charge >= 0.3 is 0 Å². The molecule has 1 aromatic rings. The van der Waals surface area contributed by atoms with Gasteiger partial charge in [-0.05, 0) is 18.6 Å². The Morgan fingerprint density at radius 2 is 2.16 bits per heavy atom. The van der Waals surface area contributed by atoms with Crippen LogP contribution in [-0.2, 0) is 16.1 Å². The summed E-state index contributed by atoms with van der Waals surface area (Å²) in [6.07, 6.45) is 1.63. The average molecular weight is 289 g/mol. The molecular weight excluding hydrogens is 268 g/mol. The van der Waals surface area contributed by atoms with Crippen molar-refractivity contribution in [1.82, 2.24) is 4.98 Å². The molecule has 0 amide bonds. The quantitative estimate of drug-likeness (QED) is 0.789. The molecule has 0 aliphatic rings. The summed E-state index contributed by atoms with van der Waals surface area (Å²) in [5, 5.41) is 9.59. The third-order valence-electron chi connectivity index (χ3n) is 2.81. The lowest BCUT2D eigenvalue weighted by Crippen LogP contribution is -2.39. The highest BCUT2D eigenvalue weighted by molar-refractivity contribution is 6.33. The minimum atomic E-state index is -0.0707. The van der Waals surface area contributed by atoms with Crippen molar-refractivity contribution >= 4 is 17.4 Å². The maximum atomic E-state index is 9.07. The Morgan fingerprint density at radius 3 is 2.68 bits per heavy atom. The molecule has 19 heavy (non-hydrogen) atoms. The van der Waals surface area contributed by atoms with E-state index in [1.54, 1.807) is 26.5 Å². The van der Waals surface area contributed by atoms with Crippen LogP contribution in [0.15, 0.2) is 12.3 Å². The number of pyridine rings is 1. The predicted molar refractivity (Wildman–Crippen MR) is 75.7 cm³/mol. The number of anilines is 1. The van der Waals surface area contributed by atoms with Gasteiger partial charge in [0.1, 0.15) is 5.82 Å². The van der Waals surface area contributed by atoms with E-state index < -0.39 is 0 Å². The Bertz CT molecular complexity index is 390. The molecule has 0 fully saturated rings. The highest BCUT2D eigenvalue weighted by Gasteiger charge is 2.18. The second-order valence-corrected chi connectivity index (χ2v) is 4.70. The first kappa shape index (κ1) is 16.2. The summed E-state index contributed by atoms with van der Waals surface area (Å²) in [6, 6.07) is 1.86. The summed E-state index contributed by atoms with van der Waals surface area (Å²) in [5.41, 5.74) is 0.694. The van der Waals surface area contributed by atoms with Gasteiger partial charge in [-0.3, -0.25) is 0 Å². The van der Waals surface area contributed by atoms with Crippen LogP contribution in [0.5, 0.6) is 0 Å². The number of hydrogen-bond acceptors (Lipinski definition) is 5. The number of nitrogens with zero attached hydrogens (tertiary/aromatic N) is 2. The fourth-order valence-electron chi connectivity index (χ4n) is 1.82. The van der Waals surface area contributed by atoms with Crippen molar-refractivity contribution < 1.29 is 14.6 Å². The molecule has 0 spiro atoms. The Labute approximate surface area is 119 Å². The molecule has 0 aliphatic carbocycles. The van der Waals surface area contributed by atoms with Gasteiger partial charge in [-0.25, -0.2) is 4.98 Å². The first-order chi connectivity index (χ1) is 9.13. The van der Waals surface area contributed by atoms with Crippen LogP contribution in [0.3, 0.4) is 0 Å². The van der Waals surface area contributed by atoms with E-state index in [1.807, 2.05) is 11.8 Å². The molecule has 1 aromatic heterocycles. The maximum absolute atomic E-state index is 9.07. The van der Waals surface area contributed by atoms with Crippen LogP contribution in [0.4, 0.5) is 5.82 Å². The summed E-state index contributed by atoms with van der Waals surface area (Å²) in [4.78, 5) is 6.37. The SMILES string of the molecule is COCCN(c1ncc(CO)cc1Cl)C(C)COC. The number of halogens is 1. The van der Waals surface area contributed by atoms with Crippen molar-refractivity contribution in [3.05, 3.63) is 22.8 Å². The topological polar surface area (TPSA) is 54.8 Å². The first-order valence-electron chi connectivity index (χ1n) is 6.13. The molecule has 1 unspecified atom stereocenters. The predicted octanol–water partition coefficient (Wildman–Crippen LogP) is 1.72. The van der Waals surface area contributed by atoms with Crippen molar-refractivity contribution in [2.24, 2.45) is 0 Å². The summed E-state index contributed by atoms with van der Waals surface area (Å²) in [6.45, 7) is 3.79. The number of aliphatic hydroxyl groups is 1. The summed E-state index contributed by atoms with van der Waals surface area (Å²) in [7, 11) is 3.32. The largest absolute Gasteiger partial charge is 0.392 e. The van der Waals surface area contributed by atoms with Gasteiger partial charge in [-0.15, -0.1) is 0 Å². The third kappa shape index (κ3) is 4.62. The lowest BCUT2D eigenvalue weighted by Gasteiger charge is -2.30. The minimum Gasteiger partial charge on any atom is -0.392 e. The number of ether oxygens (including phenoxy) is 2. The lowest BCUT2D eigenvalue weighted by atomic mass is 10.2. The lowest BCUT2D eigenvalue weighted by molar-refractivity contribution is 0.170. The molecule has 108 valence electrons. The van der Waals surface area contributed by atoms with Crippen molar-refractivity contribution in [1.29, 1.82) is 0 Å². The molecule has 0 radical (unpaired) electrons. The van der Waals surface area contributed by atoms with Gasteiger partial charge in [0, 0.05) is 27.0 Å². The van der Waals surface area contributed by atoms with Crippen LogP contribution in [0.1, 0.15) is 12.5 Å². The maximum Gasteiger partial charge on any atom is 0.147 e. The van der Waals surface area contributed by atoms with Crippen LogP contribution >= 0.6 is 11.6 Å². The number of rotatable bonds is 8. The minimum absolute atomic E-state index is 0.0707. The van der Waals surface area contributed by atoms with E-state index >= 15 is 0 Å². The zero-order chi connectivity index (χ0) is 14.3. The second-order valence-electron chi connectivity index (χ2n) is 4.30. The molecule has 1 rings (SSSR count). The van der Waals surface area contributed by atoms with Crippen molar-refractivity contribution in [2.75, 3.05) is 38.9 Å². The van der Waals surface area contributed by atoms with Gasteiger partial charge < -0.3 is 19.5 Å². The molecule has 1 atom stereocenters. The monoisotopic (exact) mass is 288 g/mol. The standard InChI is InChI=1S/C13H21ClN2O3/c1-10(9-19-3)16(4-5-18-2)13-12(14)6-11(8-17)7-15-13/h6-7,10,17H,4-5,8-9H2,1-3H3. The zero-order valence-corrected chi connectivity index (χ0v) is 12.4. The summed E-state index contributed by atoms with van der Waals surface area (Å²) >= 11 is 6.23. The molecule has 1 heterocycles. The average Bonchev–Trinajstić information content (AvgIpc) is 2.40. The highest BCUT2D eigenvalue weighted by atomic mass is 35.5. The first-order valence-corrected chi connectivity index (χ1v) is 6.51. The highest BCUT2D eigenvalue weighted by Crippen LogP contribution is 2.25. The molecule has 0 saturated heterocycles. The fraction of sp³-hybridized carbons (Fsp3) is 0.615. The van der Waals surface area contributed by atoms with E-state index in [0.717, 1.165) is 0 Å². The van der Waals surface area contributed by atoms with Crippen LogP contribution in [0, 0.1) is 0 Å². The molecule has 0 bridgehead atoms. The van der Waals surface area contributed by atoms with E-state index in [1.165, 1.54) is 0 Å². The van der Waals surface area contributed by atoms with Gasteiger partial charge in [0.15, 0.2) is 0 Å². The smallest absolute Gasteiger partial charge is 0.147 e. The molecule has 0 aliphatic heterocycles. The van der Waals surface area contributed by atoms with Crippen molar-refractivity contribution in [3.8, 4) is 0 Å². The molecule has 1 N–H and O–H groups in total. The molecule has 0 aromatic carbocycles. The fourth-order valence-corrected chi connectivity index (χ4v) is 2.12. The van der Waals surface area contributed by atoms with Crippen molar-refractivity contribution in [2.45, 2.75) is 19.6 Å². The van der Waals surface area contributed by atoms with Crippen LogP contribution < -0.4 is 4.90 Å². The van der Waals surface area contributed by atoms with Crippen LogP contribution in [0.2, 0.25) is 5.02 Å². The summed E-state index contributed by atoms with van der Waals surface area (Å²) in [5.74, 6) is 0.681. The van der Waals surface area contributed by atoms with Gasteiger partial charge in [0.25, 0.3) is 0 Å². The number of aromatic nitrogens is 1. The zero-order valence-electron chi connectivity index (χ0n) is 11.6. The molecule has 0 saturated carbocycles. The van der Waals surface area contributed by atoms with E-state index in [2.05, 4.69) is 4.98 Å². The molecular formula is C13H21ClN2O3. The Kier molecular flexibility index (Phi) is 7.09. The van der Waals surface area contributed by atoms with Gasteiger partial charge in [0.05, 0.1) is 30.9 Å². The van der Waals surface area contributed by atoms with Crippen LogP contribution in [0.25, 0.3) is 0 Å². The van der Waals surface area contributed by atoms with Gasteiger partial charge in [-0.1, -0.05) is 11.6 Å². The van der Waals surface area contributed by atoms with Crippen molar-refractivity contribution in [3.63, 3.8) is 0 Å². The Balaban J connectivity index is 2.95. The van der Waals surface area contributed by atoms with E-state index in [4.69, 9.17) is 26.2 Å². The number of aliphatic hydroxyl groups excluding tert-OH is 1. The van der Waals surface area contributed by atoms with Crippen LogP contribution in [-0.4, -0.2) is 50.1 Å². The van der Waals surface area contributed by atoms with Gasteiger partial charge in [-0.2, -0.15) is 0 Å². The van der Waals surface area contributed by atoms with E-state index in [9.17, 15) is 0 Å². The van der Waals surface area contributed by atoms with E-state index in [0.29, 0.717) is 36.2 Å². The normalized spacial score (nSPS) is 12.5. The summed E-state index contributed by atoms with van der Waals surface area (Å²) < 4.78 is 10.3. The number of hydrogen-bond donors (Lipinski definition) is 1. The van der Waals surface area contributed by atoms with E-state index in [-0.39, 0.29) is 12.6 Å².